The van der Waals surface area contributed by atoms with Crippen molar-refractivity contribution in [3.8, 4) is 5.75 Å². The van der Waals surface area contributed by atoms with Crippen molar-refractivity contribution in [1.29, 1.82) is 0 Å². The van der Waals surface area contributed by atoms with Gasteiger partial charge in [-0.3, -0.25) is 13.9 Å². The summed E-state index contributed by atoms with van der Waals surface area (Å²) in [5, 5.41) is 12.7. The largest absolute Gasteiger partial charge is 0.460 e. The minimum atomic E-state index is -4.46. The van der Waals surface area contributed by atoms with E-state index in [2.05, 4.69) is 10.1 Å². The lowest BCUT2D eigenvalue weighted by Crippen LogP contribution is -2.42. The number of aliphatic hydroxyl groups excluding tert-OH is 1. The lowest BCUT2D eigenvalue weighted by Gasteiger charge is -2.24. The van der Waals surface area contributed by atoms with Crippen LogP contribution in [-0.4, -0.2) is 51.4 Å². The predicted octanol–water partition coefficient (Wildman–Crippen LogP) is 2.64. The van der Waals surface area contributed by atoms with Crippen LogP contribution in [0.15, 0.2) is 77.7 Å². The number of para-hydroxylation sites is 1. The number of nitrogens with zero attached hydrogens (tertiary/aromatic N) is 2. The summed E-state index contributed by atoms with van der Waals surface area (Å²) in [5.74, 6) is -4.85. The molecule has 0 radical (unpaired) electrons. The van der Waals surface area contributed by atoms with Gasteiger partial charge in [-0.1, -0.05) is 48.5 Å². The number of ether oxygens (including phenoxy) is 2. The molecule has 0 bridgehead atoms. The SMILES string of the molecule is C[C@H](N[P@@](=O)(OC[C@H]1OC(n2ccc(N)nc2=O)C(F)(F)C1O)Oc1ccccc1)C(=O)OCc1ccccc1. The first-order valence-corrected chi connectivity index (χ1v) is 13.6. The Morgan fingerprint density at radius 2 is 1.85 bits per heavy atom. The summed E-state index contributed by atoms with van der Waals surface area (Å²) in [6.07, 6.45) is -5.50. The quantitative estimate of drug-likeness (QED) is 0.226. The highest BCUT2D eigenvalue weighted by Gasteiger charge is 2.60. The molecule has 1 aromatic heterocycles. The number of esters is 1. The third-order valence-electron chi connectivity index (χ3n) is 5.79. The van der Waals surface area contributed by atoms with Crippen LogP contribution < -0.4 is 21.0 Å². The maximum absolute atomic E-state index is 14.9. The van der Waals surface area contributed by atoms with E-state index in [1.54, 1.807) is 48.5 Å². The van der Waals surface area contributed by atoms with Crippen LogP contribution in [0.4, 0.5) is 14.6 Å². The smallest absolute Gasteiger partial charge is 0.459 e. The number of anilines is 1. The lowest BCUT2D eigenvalue weighted by molar-refractivity contribution is -0.146. The molecule has 2 heterocycles. The van der Waals surface area contributed by atoms with Crippen LogP contribution in [-0.2, 0) is 30.0 Å². The molecule has 1 fully saturated rings. The lowest BCUT2D eigenvalue weighted by atomic mass is 10.1. The summed E-state index contributed by atoms with van der Waals surface area (Å²) in [7, 11) is -4.46. The summed E-state index contributed by atoms with van der Waals surface area (Å²) >= 11 is 0. The summed E-state index contributed by atoms with van der Waals surface area (Å²) in [6.45, 7) is 0.435. The number of aliphatic hydroxyl groups is 1. The first-order valence-electron chi connectivity index (χ1n) is 12.0. The number of halogens is 2. The van der Waals surface area contributed by atoms with Crippen LogP contribution in [0.3, 0.4) is 0 Å². The van der Waals surface area contributed by atoms with Gasteiger partial charge in [-0.2, -0.15) is 18.9 Å². The van der Waals surface area contributed by atoms with Gasteiger partial charge in [0.1, 0.15) is 30.3 Å². The highest BCUT2D eigenvalue weighted by atomic mass is 31.2. The van der Waals surface area contributed by atoms with Gasteiger partial charge in [-0.25, -0.2) is 9.36 Å². The van der Waals surface area contributed by atoms with Crippen molar-refractivity contribution in [2.24, 2.45) is 0 Å². The van der Waals surface area contributed by atoms with Gasteiger partial charge in [-0.15, -0.1) is 0 Å². The number of hydrogen-bond acceptors (Lipinski definition) is 10. The third kappa shape index (κ3) is 6.90. The van der Waals surface area contributed by atoms with E-state index < -0.39 is 56.4 Å². The fourth-order valence-corrected chi connectivity index (χ4v) is 5.24. The van der Waals surface area contributed by atoms with Crippen molar-refractivity contribution in [3.63, 3.8) is 0 Å². The Morgan fingerprint density at radius 1 is 1.20 bits per heavy atom. The number of aromatic nitrogens is 2. The van der Waals surface area contributed by atoms with Crippen LogP contribution in [0.1, 0.15) is 18.7 Å². The van der Waals surface area contributed by atoms with Crippen LogP contribution in [0.25, 0.3) is 0 Å². The second-order valence-electron chi connectivity index (χ2n) is 8.83. The summed E-state index contributed by atoms with van der Waals surface area (Å²) < 4.78 is 65.3. The molecule has 1 aliphatic rings. The number of nitrogen functional groups attached to an aromatic ring is 1. The number of rotatable bonds is 11. The van der Waals surface area contributed by atoms with E-state index in [4.69, 9.17) is 24.3 Å². The van der Waals surface area contributed by atoms with Gasteiger partial charge in [0.05, 0.1) is 6.61 Å². The van der Waals surface area contributed by atoms with Gasteiger partial charge in [0.25, 0.3) is 0 Å². The van der Waals surface area contributed by atoms with Crippen LogP contribution in [0.2, 0.25) is 0 Å². The first kappa shape index (κ1) is 29.3. The van der Waals surface area contributed by atoms with Gasteiger partial charge in [0.15, 0.2) is 6.10 Å². The first-order chi connectivity index (χ1) is 19.0. The normalized spacial score (nSPS) is 22.2. The molecule has 1 saturated heterocycles. The Bertz CT molecular complexity index is 1410. The van der Waals surface area contributed by atoms with Crippen LogP contribution in [0, 0.1) is 0 Å². The third-order valence-corrected chi connectivity index (χ3v) is 7.43. The molecular weight excluding hydrogens is 553 g/mol. The molecule has 2 aromatic carbocycles. The Morgan fingerprint density at radius 3 is 2.50 bits per heavy atom. The average Bonchev–Trinajstić information content (AvgIpc) is 3.15. The van der Waals surface area contributed by atoms with E-state index in [0.717, 1.165) is 17.8 Å². The zero-order valence-corrected chi connectivity index (χ0v) is 22.0. The number of carbonyl (C=O) groups excluding carboxylic acids is 1. The number of carbonyl (C=O) groups is 1. The van der Waals surface area contributed by atoms with Crippen molar-refractivity contribution < 1.29 is 41.8 Å². The van der Waals surface area contributed by atoms with Gasteiger partial charge in [-0.05, 0) is 30.7 Å². The number of hydrogen-bond donors (Lipinski definition) is 3. The predicted molar refractivity (Wildman–Crippen MR) is 137 cm³/mol. The molecule has 1 aliphatic heterocycles. The topological polar surface area (TPSA) is 164 Å². The zero-order valence-electron chi connectivity index (χ0n) is 21.1. The molecule has 4 N–H and O–H groups in total. The standard InChI is InChI=1S/C25H27F2N4O8P/c1-16(22(33)36-14-17-8-4-2-5-9-17)30-40(35,39-18-10-6-3-7-11-18)37-15-19-21(32)25(26,27)23(38-19)31-13-12-20(28)29-24(31)34/h2-13,16,19,21,23,32H,14-15H2,1H3,(H,30,35)(H2,28,29,34)/t16-,19+,21?,23?,40+/m0/s1. The van der Waals surface area contributed by atoms with Crippen molar-refractivity contribution >= 4 is 19.5 Å². The van der Waals surface area contributed by atoms with E-state index in [9.17, 15) is 28.0 Å². The summed E-state index contributed by atoms with van der Waals surface area (Å²) in [5.41, 5.74) is 5.01. The second kappa shape index (κ2) is 12.2. The molecule has 12 nitrogen and oxygen atoms in total. The molecule has 214 valence electrons. The van der Waals surface area contributed by atoms with E-state index >= 15 is 0 Å². The Balaban J connectivity index is 1.47. The van der Waals surface area contributed by atoms with Crippen molar-refractivity contribution in [3.05, 3.63) is 89.0 Å². The maximum Gasteiger partial charge on any atom is 0.459 e. The molecule has 0 aliphatic carbocycles. The Labute approximate surface area is 227 Å². The van der Waals surface area contributed by atoms with Gasteiger partial charge < -0.3 is 24.8 Å². The summed E-state index contributed by atoms with van der Waals surface area (Å²) in [4.78, 5) is 28.1. The van der Waals surface area contributed by atoms with E-state index in [1.807, 2.05) is 0 Å². The highest BCUT2D eigenvalue weighted by Crippen LogP contribution is 2.48. The van der Waals surface area contributed by atoms with Crippen molar-refractivity contribution in [2.75, 3.05) is 12.3 Å². The molecule has 15 heteroatoms. The molecule has 0 spiro atoms. The van der Waals surface area contributed by atoms with Gasteiger partial charge in [0.2, 0.25) is 6.23 Å². The van der Waals surface area contributed by atoms with Crippen molar-refractivity contribution in [2.45, 2.75) is 43.9 Å². The number of nitrogens with two attached hydrogens (primary N) is 1. The van der Waals surface area contributed by atoms with Gasteiger partial charge in [0, 0.05) is 6.20 Å². The fraction of sp³-hybridized carbons (Fsp3) is 0.320. The van der Waals surface area contributed by atoms with Gasteiger partial charge >= 0.3 is 25.3 Å². The molecule has 40 heavy (non-hydrogen) atoms. The molecule has 4 rings (SSSR count). The maximum atomic E-state index is 14.9. The average molecular weight is 580 g/mol. The highest BCUT2D eigenvalue weighted by molar-refractivity contribution is 7.52. The molecule has 0 saturated carbocycles. The molecule has 0 amide bonds. The van der Waals surface area contributed by atoms with E-state index in [1.165, 1.54) is 19.1 Å². The monoisotopic (exact) mass is 580 g/mol. The fourth-order valence-electron chi connectivity index (χ4n) is 3.74. The minimum Gasteiger partial charge on any atom is -0.460 e. The summed E-state index contributed by atoms with van der Waals surface area (Å²) in [6, 6.07) is 16.5. The number of alkyl halides is 2. The number of nitrogens with one attached hydrogen (secondary N) is 1. The Hall–Kier alpha value is -3.68. The Kier molecular flexibility index (Phi) is 8.96. The van der Waals surface area contributed by atoms with Crippen molar-refractivity contribution in [1.82, 2.24) is 14.6 Å². The van der Waals surface area contributed by atoms with E-state index in [0.29, 0.717) is 4.57 Å². The van der Waals surface area contributed by atoms with Crippen LogP contribution in [0.5, 0.6) is 5.75 Å². The zero-order chi connectivity index (χ0) is 28.9. The molecule has 5 atom stereocenters. The molecule has 2 unspecified atom stereocenters. The van der Waals surface area contributed by atoms with Crippen LogP contribution >= 0.6 is 7.75 Å². The molecular formula is C25H27F2N4O8P. The molecule has 3 aromatic rings. The minimum absolute atomic E-state index is 0.0473. The second-order valence-corrected chi connectivity index (χ2v) is 10.5. The number of benzene rings is 2. The van der Waals surface area contributed by atoms with E-state index in [-0.39, 0.29) is 18.2 Å².